The molecule has 5 amide bonds. The number of nitrogens with zero attached hydrogens (tertiary/aromatic N) is 5. The van der Waals surface area contributed by atoms with Crippen LogP contribution in [0.5, 0.6) is 5.75 Å². The van der Waals surface area contributed by atoms with Crippen LogP contribution in [-0.4, -0.2) is 99.2 Å². The van der Waals surface area contributed by atoms with Crippen LogP contribution >= 0.6 is 0 Å². The number of hydrogen-bond acceptors (Lipinski definition) is 11. The van der Waals surface area contributed by atoms with Crippen molar-refractivity contribution in [3.63, 3.8) is 0 Å². The number of amides is 5. The maximum atomic E-state index is 13.7. The topological polar surface area (TPSA) is 162 Å². The molecule has 0 aromatic heterocycles. The summed E-state index contributed by atoms with van der Waals surface area (Å²) < 4.78 is 17.8. The maximum absolute atomic E-state index is 13.7. The van der Waals surface area contributed by atoms with E-state index < -0.39 is 35.1 Å². The number of ether oxygens (including phenoxy) is 3. The Morgan fingerprint density at radius 1 is 0.754 bits per heavy atom. The Bertz CT molecular complexity index is 2510. The van der Waals surface area contributed by atoms with Gasteiger partial charge in [-0.1, -0.05) is 18.2 Å². The Kier molecular flexibility index (Phi) is 10.3. The van der Waals surface area contributed by atoms with Crippen molar-refractivity contribution in [2.24, 2.45) is 0 Å². The molecule has 0 radical (unpaired) electrons. The smallest absolute Gasteiger partial charge is 0.262 e. The van der Waals surface area contributed by atoms with Gasteiger partial charge in [0.05, 0.1) is 52.8 Å². The summed E-state index contributed by atoms with van der Waals surface area (Å²) in [6.07, 6.45) is 2.00. The molecule has 61 heavy (non-hydrogen) atoms. The summed E-state index contributed by atoms with van der Waals surface area (Å²) in [7, 11) is 1.52. The van der Waals surface area contributed by atoms with Crippen molar-refractivity contribution >= 4 is 52.3 Å². The summed E-state index contributed by atoms with van der Waals surface area (Å²) in [5.41, 5.74) is 6.67. The molecule has 9 rings (SSSR count). The fraction of sp³-hybridized carbons (Fsp3) is 0.362. The molecule has 312 valence electrons. The molecule has 0 saturated carbocycles. The zero-order valence-electron chi connectivity index (χ0n) is 34.3. The minimum absolute atomic E-state index is 0.0340. The van der Waals surface area contributed by atoms with E-state index in [0.717, 1.165) is 71.1 Å². The summed E-state index contributed by atoms with van der Waals surface area (Å²) in [6, 6.07) is 26.1. The van der Waals surface area contributed by atoms with Crippen LogP contribution in [0.25, 0.3) is 11.1 Å². The first-order chi connectivity index (χ1) is 29.4. The number of anilines is 4. The zero-order chi connectivity index (χ0) is 42.6. The predicted octanol–water partition coefficient (Wildman–Crippen LogP) is 5.48. The summed E-state index contributed by atoms with van der Waals surface area (Å²) in [6.45, 7) is 8.09. The molecule has 4 aromatic rings. The van der Waals surface area contributed by atoms with Crippen LogP contribution in [0.15, 0.2) is 78.9 Å². The number of nitrogens with one attached hydrogen (secondary N) is 1. The Morgan fingerprint density at radius 3 is 2.18 bits per heavy atom. The van der Waals surface area contributed by atoms with Crippen molar-refractivity contribution in [3.05, 3.63) is 101 Å². The molecule has 4 aromatic carbocycles. The Labute approximate surface area is 353 Å². The molecule has 1 N–H and O–H groups in total. The number of hydrogen-bond donors (Lipinski definition) is 1. The molecule has 0 spiro atoms. The van der Waals surface area contributed by atoms with Crippen molar-refractivity contribution < 1.29 is 38.2 Å². The number of piperidine rings is 1. The van der Waals surface area contributed by atoms with Gasteiger partial charge in [0.2, 0.25) is 17.7 Å². The highest BCUT2D eigenvalue weighted by Crippen LogP contribution is 2.47. The van der Waals surface area contributed by atoms with E-state index >= 15 is 0 Å². The molecule has 5 aliphatic heterocycles. The summed E-state index contributed by atoms with van der Waals surface area (Å²) >= 11 is 0. The fourth-order valence-corrected chi connectivity index (χ4v) is 9.02. The van der Waals surface area contributed by atoms with E-state index in [1.54, 1.807) is 35.2 Å². The molecule has 5 aliphatic rings. The molecule has 0 bridgehead atoms. The monoisotopic (exact) mass is 822 g/mol. The van der Waals surface area contributed by atoms with Gasteiger partial charge in [0.25, 0.3) is 11.8 Å². The Hall–Kier alpha value is -6.56. The van der Waals surface area contributed by atoms with Crippen LogP contribution in [0.3, 0.4) is 0 Å². The Morgan fingerprint density at radius 2 is 1.44 bits per heavy atom. The van der Waals surface area contributed by atoms with Gasteiger partial charge >= 0.3 is 0 Å². The van der Waals surface area contributed by atoms with E-state index in [2.05, 4.69) is 51.5 Å². The van der Waals surface area contributed by atoms with Gasteiger partial charge in [-0.05, 0) is 104 Å². The van der Waals surface area contributed by atoms with Crippen molar-refractivity contribution in [1.82, 2.24) is 10.2 Å². The van der Waals surface area contributed by atoms with E-state index in [9.17, 15) is 29.2 Å². The molecule has 5 heterocycles. The quantitative estimate of drug-likeness (QED) is 0.142. The van der Waals surface area contributed by atoms with Crippen LogP contribution < -0.4 is 24.8 Å². The molecule has 14 heteroatoms. The molecule has 3 saturated heterocycles. The number of methoxy groups -OCH3 is 1. The second kappa shape index (κ2) is 15.8. The number of carbonyl (C=O) groups is 5. The van der Waals surface area contributed by atoms with E-state index in [1.807, 2.05) is 32.0 Å². The third-order valence-electron chi connectivity index (χ3n) is 12.6. The highest BCUT2D eigenvalue weighted by atomic mass is 16.5. The minimum atomic E-state index is -0.987. The highest BCUT2D eigenvalue weighted by molar-refractivity contribution is 6.23. The van der Waals surface area contributed by atoms with E-state index in [0.29, 0.717) is 36.8 Å². The normalized spacial score (nSPS) is 20.8. The highest BCUT2D eigenvalue weighted by Gasteiger charge is 2.46. The van der Waals surface area contributed by atoms with Crippen molar-refractivity contribution in [1.29, 1.82) is 5.26 Å². The van der Waals surface area contributed by atoms with Crippen LogP contribution in [0, 0.1) is 11.3 Å². The number of nitriles is 1. The summed E-state index contributed by atoms with van der Waals surface area (Å²) in [5.74, 6) is -1.65. The number of carbonyl (C=O) groups excluding carboxylic acids is 5. The largest absolute Gasteiger partial charge is 0.495 e. The third kappa shape index (κ3) is 7.17. The lowest BCUT2D eigenvalue weighted by molar-refractivity contribution is -0.136. The average molecular weight is 823 g/mol. The van der Waals surface area contributed by atoms with Gasteiger partial charge in [-0.2, -0.15) is 5.26 Å². The van der Waals surface area contributed by atoms with Crippen LogP contribution in [0.1, 0.15) is 71.4 Å². The third-order valence-corrected chi connectivity index (χ3v) is 12.6. The number of rotatable bonds is 12. The van der Waals surface area contributed by atoms with Crippen molar-refractivity contribution in [2.45, 2.75) is 63.2 Å². The first kappa shape index (κ1) is 39.9. The van der Waals surface area contributed by atoms with Gasteiger partial charge in [-0.15, -0.1) is 0 Å². The van der Waals surface area contributed by atoms with E-state index in [1.165, 1.54) is 7.11 Å². The number of imide groups is 2. The molecule has 2 unspecified atom stereocenters. The van der Waals surface area contributed by atoms with Gasteiger partial charge < -0.3 is 24.0 Å². The lowest BCUT2D eigenvalue weighted by Gasteiger charge is -2.40. The molecule has 2 atom stereocenters. The summed E-state index contributed by atoms with van der Waals surface area (Å²) in [4.78, 5) is 71.2. The molecular weight excluding hydrogens is 777 g/mol. The first-order valence-corrected chi connectivity index (χ1v) is 20.7. The first-order valence-electron chi connectivity index (χ1n) is 20.7. The summed E-state index contributed by atoms with van der Waals surface area (Å²) in [5, 5.41) is 11.7. The van der Waals surface area contributed by atoms with Crippen LogP contribution in [0.4, 0.5) is 22.7 Å². The van der Waals surface area contributed by atoms with Crippen molar-refractivity contribution in [3.8, 4) is 22.9 Å². The maximum Gasteiger partial charge on any atom is 0.262 e. The van der Waals surface area contributed by atoms with Gasteiger partial charge in [-0.25, -0.2) is 0 Å². The SMILES string of the molecule is COc1cc(N2C(=O)C(C)(C)c3cc(-c4ccc(N5CC(OCCCOC6CCN(c7ccc8c(c7)C(=O)N(C7CCC(=O)NC7=O)C8=O)C6)C5)cc4)ccc32)ccc1C#N. The van der Waals surface area contributed by atoms with E-state index in [4.69, 9.17) is 14.2 Å². The molecule has 0 aliphatic carbocycles. The average Bonchev–Trinajstić information content (AvgIpc) is 3.88. The van der Waals surface area contributed by atoms with Gasteiger partial charge in [0, 0.05) is 63.3 Å². The number of fused-ring (bicyclic) bond motifs is 2. The fourth-order valence-electron chi connectivity index (χ4n) is 9.02. The van der Waals surface area contributed by atoms with Gasteiger partial charge in [-0.3, -0.25) is 39.1 Å². The zero-order valence-corrected chi connectivity index (χ0v) is 34.3. The second-order valence-electron chi connectivity index (χ2n) is 16.7. The molecular formula is C47H46N6O8. The lowest BCUT2D eigenvalue weighted by atomic mass is 9.84. The number of benzene rings is 4. The standard InChI is InChI=1S/C47H46N6O8/c1-47(2)38-21-29(8-14-39(38)52(46(47)58)33-11-7-30(24-48)41(23-33)59-3)28-5-9-31(10-6-28)51-26-35(27-51)61-20-4-19-60-34-17-18-50(25-34)32-12-13-36-37(22-32)45(57)53(44(36)56)40-15-16-42(54)49-43(40)55/h5-14,21-23,34-35,40H,4,15-20,25-27H2,1-3H3,(H,49,54,55). The van der Waals surface area contributed by atoms with Crippen molar-refractivity contribution in [2.75, 3.05) is 61.2 Å². The lowest BCUT2D eigenvalue weighted by Crippen LogP contribution is -2.54. The van der Waals surface area contributed by atoms with Gasteiger partial charge in [0.1, 0.15) is 17.9 Å². The predicted molar refractivity (Wildman–Crippen MR) is 226 cm³/mol. The molecule has 3 fully saturated rings. The van der Waals surface area contributed by atoms with Crippen LogP contribution in [-0.2, 0) is 29.3 Å². The van der Waals surface area contributed by atoms with Gasteiger partial charge in [0.15, 0.2) is 0 Å². The van der Waals surface area contributed by atoms with Crippen LogP contribution in [0.2, 0.25) is 0 Å². The minimum Gasteiger partial charge on any atom is -0.495 e. The second-order valence-corrected chi connectivity index (χ2v) is 16.7. The Balaban J connectivity index is 0.721. The van der Waals surface area contributed by atoms with E-state index in [-0.39, 0.29) is 42.1 Å². The molecule has 14 nitrogen and oxygen atoms in total.